The third-order valence-corrected chi connectivity index (χ3v) is 2.98. The summed E-state index contributed by atoms with van der Waals surface area (Å²) in [7, 11) is 0. The number of ether oxygens (including phenoxy) is 1. The third kappa shape index (κ3) is 6.48. The van der Waals surface area contributed by atoms with Gasteiger partial charge in [-0.25, -0.2) is 0 Å². The Balaban J connectivity index is 2.36. The van der Waals surface area contributed by atoms with E-state index in [1.165, 1.54) is 25.9 Å². The fourth-order valence-corrected chi connectivity index (χ4v) is 2.19. The zero-order chi connectivity index (χ0) is 13.9. The van der Waals surface area contributed by atoms with Gasteiger partial charge in [-0.05, 0) is 45.0 Å². The summed E-state index contributed by atoms with van der Waals surface area (Å²) < 4.78 is 5.50. The molecule has 0 atom stereocenters. The number of anilines is 1. The van der Waals surface area contributed by atoms with E-state index in [2.05, 4.69) is 36.2 Å². The molecule has 0 radical (unpaired) electrons. The third-order valence-electron chi connectivity index (χ3n) is 2.98. The lowest BCUT2D eigenvalue weighted by atomic mass is 10.3. The summed E-state index contributed by atoms with van der Waals surface area (Å²) in [6, 6.07) is 8.18. The number of benzene rings is 1. The first-order chi connectivity index (χ1) is 9.30. The Morgan fingerprint density at radius 3 is 2.42 bits per heavy atom. The number of hydrogen-bond acceptors (Lipinski definition) is 3. The summed E-state index contributed by atoms with van der Waals surface area (Å²) in [5.74, 6) is 0.937. The average molecular weight is 264 g/mol. The van der Waals surface area contributed by atoms with Gasteiger partial charge in [0.15, 0.2) is 0 Å². The van der Waals surface area contributed by atoms with E-state index in [-0.39, 0.29) is 0 Å². The van der Waals surface area contributed by atoms with E-state index in [1.807, 2.05) is 19.1 Å². The molecule has 1 N–H and O–H groups in total. The molecule has 1 aromatic carbocycles. The molecule has 3 heteroatoms. The first-order valence-corrected chi connectivity index (χ1v) is 7.49. The first-order valence-electron chi connectivity index (χ1n) is 7.49. The van der Waals surface area contributed by atoms with Crippen molar-refractivity contribution in [3.8, 4) is 5.75 Å². The monoisotopic (exact) mass is 264 g/mol. The molecular formula is C16H28N2O. The SMILES string of the molecule is CCCN(CCC)CCNc1cccc(OCC)c1. The minimum absolute atomic E-state index is 0.713. The Morgan fingerprint density at radius 2 is 1.79 bits per heavy atom. The number of rotatable bonds is 10. The lowest BCUT2D eigenvalue weighted by Crippen LogP contribution is -2.30. The van der Waals surface area contributed by atoms with Crippen molar-refractivity contribution >= 4 is 5.69 Å². The zero-order valence-electron chi connectivity index (χ0n) is 12.6. The normalized spacial score (nSPS) is 10.7. The number of nitrogens with one attached hydrogen (secondary N) is 1. The Bertz CT molecular complexity index is 335. The van der Waals surface area contributed by atoms with Gasteiger partial charge < -0.3 is 15.0 Å². The van der Waals surface area contributed by atoms with Gasteiger partial charge in [0.1, 0.15) is 5.75 Å². The molecule has 0 heterocycles. The topological polar surface area (TPSA) is 24.5 Å². The second kappa shape index (κ2) is 9.68. The maximum atomic E-state index is 5.50. The lowest BCUT2D eigenvalue weighted by Gasteiger charge is -2.21. The van der Waals surface area contributed by atoms with Crippen LogP contribution in [0.15, 0.2) is 24.3 Å². The van der Waals surface area contributed by atoms with Crippen LogP contribution < -0.4 is 10.1 Å². The Labute approximate surface area is 118 Å². The summed E-state index contributed by atoms with van der Waals surface area (Å²) in [5, 5.41) is 3.47. The molecule has 0 saturated heterocycles. The highest BCUT2D eigenvalue weighted by molar-refractivity contribution is 5.48. The quantitative estimate of drug-likeness (QED) is 0.698. The van der Waals surface area contributed by atoms with Crippen molar-refractivity contribution in [2.75, 3.05) is 38.1 Å². The van der Waals surface area contributed by atoms with E-state index in [0.717, 1.165) is 24.5 Å². The lowest BCUT2D eigenvalue weighted by molar-refractivity contribution is 0.285. The molecule has 1 rings (SSSR count). The Kier molecular flexibility index (Phi) is 8.07. The zero-order valence-corrected chi connectivity index (χ0v) is 12.6. The molecule has 0 amide bonds. The molecule has 19 heavy (non-hydrogen) atoms. The molecule has 108 valence electrons. The fourth-order valence-electron chi connectivity index (χ4n) is 2.19. The first kappa shape index (κ1) is 15.8. The Morgan fingerprint density at radius 1 is 1.05 bits per heavy atom. The molecule has 0 saturated carbocycles. The van der Waals surface area contributed by atoms with E-state index in [4.69, 9.17) is 4.74 Å². The van der Waals surface area contributed by atoms with Crippen molar-refractivity contribution in [1.82, 2.24) is 4.90 Å². The molecule has 0 aromatic heterocycles. The molecule has 0 bridgehead atoms. The largest absolute Gasteiger partial charge is 0.494 e. The van der Waals surface area contributed by atoms with Gasteiger partial charge in [-0.2, -0.15) is 0 Å². The summed E-state index contributed by atoms with van der Waals surface area (Å²) >= 11 is 0. The van der Waals surface area contributed by atoms with Gasteiger partial charge in [-0.15, -0.1) is 0 Å². The van der Waals surface area contributed by atoms with Gasteiger partial charge in [0, 0.05) is 24.8 Å². The van der Waals surface area contributed by atoms with Crippen LogP contribution in [-0.2, 0) is 0 Å². The van der Waals surface area contributed by atoms with Crippen molar-refractivity contribution < 1.29 is 4.74 Å². The van der Waals surface area contributed by atoms with Crippen LogP contribution in [0, 0.1) is 0 Å². The predicted molar refractivity (Wildman–Crippen MR) is 83.1 cm³/mol. The van der Waals surface area contributed by atoms with Crippen LogP contribution in [0.4, 0.5) is 5.69 Å². The van der Waals surface area contributed by atoms with Crippen molar-refractivity contribution in [3.63, 3.8) is 0 Å². The minimum Gasteiger partial charge on any atom is -0.494 e. The van der Waals surface area contributed by atoms with E-state index in [1.54, 1.807) is 0 Å². The molecule has 1 aromatic rings. The van der Waals surface area contributed by atoms with Gasteiger partial charge in [-0.3, -0.25) is 0 Å². The van der Waals surface area contributed by atoms with Crippen molar-refractivity contribution in [2.24, 2.45) is 0 Å². The molecular weight excluding hydrogens is 236 g/mol. The fraction of sp³-hybridized carbons (Fsp3) is 0.625. The van der Waals surface area contributed by atoms with Crippen molar-refractivity contribution in [2.45, 2.75) is 33.6 Å². The average Bonchev–Trinajstić information content (AvgIpc) is 2.40. The van der Waals surface area contributed by atoms with Gasteiger partial charge in [-0.1, -0.05) is 19.9 Å². The minimum atomic E-state index is 0.713. The predicted octanol–water partition coefficient (Wildman–Crippen LogP) is 3.62. The standard InChI is InChI=1S/C16H28N2O/c1-4-11-18(12-5-2)13-10-17-15-8-7-9-16(14-15)19-6-3/h7-9,14,17H,4-6,10-13H2,1-3H3. The van der Waals surface area contributed by atoms with E-state index < -0.39 is 0 Å². The molecule has 0 unspecified atom stereocenters. The van der Waals surface area contributed by atoms with Gasteiger partial charge in [0.25, 0.3) is 0 Å². The van der Waals surface area contributed by atoms with Crippen LogP contribution in [0.5, 0.6) is 5.75 Å². The highest BCUT2D eigenvalue weighted by Gasteiger charge is 2.02. The van der Waals surface area contributed by atoms with Crippen LogP contribution in [0.2, 0.25) is 0 Å². The van der Waals surface area contributed by atoms with Crippen molar-refractivity contribution in [3.05, 3.63) is 24.3 Å². The maximum absolute atomic E-state index is 5.50. The summed E-state index contributed by atoms with van der Waals surface area (Å²) in [6.45, 7) is 11.7. The summed E-state index contributed by atoms with van der Waals surface area (Å²) in [5.41, 5.74) is 1.14. The van der Waals surface area contributed by atoms with Crippen molar-refractivity contribution in [1.29, 1.82) is 0 Å². The van der Waals surface area contributed by atoms with Crippen LogP contribution >= 0.6 is 0 Å². The molecule has 0 aliphatic carbocycles. The van der Waals surface area contributed by atoms with Crippen LogP contribution in [0.1, 0.15) is 33.6 Å². The second-order valence-electron chi connectivity index (χ2n) is 4.73. The number of hydrogen-bond donors (Lipinski definition) is 1. The van der Waals surface area contributed by atoms with Crippen LogP contribution in [0.3, 0.4) is 0 Å². The Hall–Kier alpha value is -1.22. The molecule has 0 spiro atoms. The number of nitrogens with zero attached hydrogens (tertiary/aromatic N) is 1. The van der Waals surface area contributed by atoms with Gasteiger partial charge in [0.05, 0.1) is 6.61 Å². The van der Waals surface area contributed by atoms with Gasteiger partial charge >= 0.3 is 0 Å². The van der Waals surface area contributed by atoms with Gasteiger partial charge in [0.2, 0.25) is 0 Å². The highest BCUT2D eigenvalue weighted by atomic mass is 16.5. The molecule has 0 aliphatic heterocycles. The second-order valence-corrected chi connectivity index (χ2v) is 4.73. The molecule has 0 fully saturated rings. The van der Waals surface area contributed by atoms with E-state index >= 15 is 0 Å². The van der Waals surface area contributed by atoms with Crippen LogP contribution in [-0.4, -0.2) is 37.7 Å². The van der Waals surface area contributed by atoms with Crippen LogP contribution in [0.25, 0.3) is 0 Å². The van der Waals surface area contributed by atoms with E-state index in [9.17, 15) is 0 Å². The molecule has 0 aliphatic rings. The summed E-state index contributed by atoms with van der Waals surface area (Å²) in [4.78, 5) is 2.51. The summed E-state index contributed by atoms with van der Waals surface area (Å²) in [6.07, 6.45) is 2.44. The highest BCUT2D eigenvalue weighted by Crippen LogP contribution is 2.16. The van der Waals surface area contributed by atoms with E-state index in [0.29, 0.717) is 6.61 Å². The smallest absolute Gasteiger partial charge is 0.121 e. The maximum Gasteiger partial charge on any atom is 0.121 e. The molecule has 3 nitrogen and oxygen atoms in total.